The fourth-order valence-corrected chi connectivity index (χ4v) is 4.64. The van der Waals surface area contributed by atoms with Crippen LogP contribution >= 0.6 is 11.6 Å². The van der Waals surface area contributed by atoms with E-state index in [9.17, 15) is 14.4 Å². The number of urea groups is 1. The largest absolute Gasteiger partial charge is 0.332 e. The van der Waals surface area contributed by atoms with Gasteiger partial charge in [-0.05, 0) is 70.6 Å². The van der Waals surface area contributed by atoms with Crippen molar-refractivity contribution in [3.63, 3.8) is 0 Å². The first-order chi connectivity index (χ1) is 16.4. The van der Waals surface area contributed by atoms with Gasteiger partial charge in [0.05, 0.1) is 0 Å². The molecule has 4 amide bonds. The Morgan fingerprint density at radius 3 is 2.44 bits per heavy atom. The van der Waals surface area contributed by atoms with Gasteiger partial charge in [-0.3, -0.25) is 9.59 Å². The molecule has 1 heterocycles. The van der Waals surface area contributed by atoms with E-state index in [4.69, 9.17) is 11.6 Å². The molecule has 0 bridgehead atoms. The fraction of sp³-hybridized carbons (Fsp3) is 0.107. The van der Waals surface area contributed by atoms with Crippen LogP contribution in [-0.2, 0) is 11.2 Å². The monoisotopic (exact) mass is 468 g/mol. The second-order valence-corrected chi connectivity index (χ2v) is 8.82. The van der Waals surface area contributed by atoms with Crippen molar-refractivity contribution >= 4 is 40.2 Å². The lowest BCUT2D eigenvalue weighted by atomic mass is 9.93. The molecule has 168 valence electrons. The lowest BCUT2D eigenvalue weighted by molar-refractivity contribution is -0.125. The Balaban J connectivity index is 1.56. The Morgan fingerprint density at radius 2 is 1.68 bits per heavy atom. The number of hydrogen-bond acceptors (Lipinski definition) is 3. The van der Waals surface area contributed by atoms with E-state index >= 15 is 0 Å². The standard InChI is InChI=1S/C28H21ClN2O3/c1-17-7-5-12-23-20(13-18-8-6-11-22(29)14-18)15-21(16-24(17)23)26(32)31-27(33)25(30-28(31)34)19-9-3-2-4-10-19/h2-12,14-16,25H,13H2,1H3,(H,30,34). The summed E-state index contributed by atoms with van der Waals surface area (Å²) in [6.07, 6.45) is 0.550. The quantitative estimate of drug-likeness (QED) is 0.303. The summed E-state index contributed by atoms with van der Waals surface area (Å²) in [7, 11) is 0. The van der Waals surface area contributed by atoms with Crippen LogP contribution in [0.25, 0.3) is 10.8 Å². The van der Waals surface area contributed by atoms with E-state index in [2.05, 4.69) is 5.32 Å². The molecule has 1 N–H and O–H groups in total. The third kappa shape index (κ3) is 3.95. The highest BCUT2D eigenvalue weighted by atomic mass is 35.5. The number of rotatable bonds is 4. The van der Waals surface area contributed by atoms with E-state index in [0.717, 1.165) is 27.5 Å². The van der Waals surface area contributed by atoms with E-state index < -0.39 is 23.9 Å². The first kappa shape index (κ1) is 21.9. The van der Waals surface area contributed by atoms with Crippen molar-refractivity contribution in [1.29, 1.82) is 0 Å². The van der Waals surface area contributed by atoms with Crippen molar-refractivity contribution in [3.05, 3.63) is 118 Å². The average Bonchev–Trinajstić information content (AvgIpc) is 3.13. The van der Waals surface area contributed by atoms with Gasteiger partial charge in [-0.2, -0.15) is 4.90 Å². The maximum absolute atomic E-state index is 13.5. The SMILES string of the molecule is Cc1cccc2c(Cc3cccc(Cl)c3)cc(C(=O)N3C(=O)NC(c4ccccc4)C3=O)cc12. The minimum absolute atomic E-state index is 0.288. The first-order valence-electron chi connectivity index (χ1n) is 10.9. The number of nitrogens with zero attached hydrogens (tertiary/aromatic N) is 1. The smallest absolute Gasteiger partial charge is 0.321 e. The molecule has 0 saturated carbocycles. The van der Waals surface area contributed by atoms with Crippen LogP contribution in [0.2, 0.25) is 5.02 Å². The molecule has 34 heavy (non-hydrogen) atoms. The molecule has 1 atom stereocenters. The Bertz CT molecular complexity index is 1450. The summed E-state index contributed by atoms with van der Waals surface area (Å²) < 4.78 is 0. The normalized spacial score (nSPS) is 15.6. The van der Waals surface area contributed by atoms with E-state index in [1.807, 2.05) is 55.5 Å². The molecule has 1 aliphatic rings. The highest BCUT2D eigenvalue weighted by molar-refractivity contribution is 6.30. The number of carbonyl (C=O) groups excluding carboxylic acids is 3. The van der Waals surface area contributed by atoms with E-state index in [1.165, 1.54) is 0 Å². The average molecular weight is 469 g/mol. The van der Waals surface area contributed by atoms with Crippen LogP contribution in [0, 0.1) is 6.92 Å². The number of imide groups is 3. The van der Waals surface area contributed by atoms with Crippen molar-refractivity contribution in [2.24, 2.45) is 0 Å². The van der Waals surface area contributed by atoms with Gasteiger partial charge in [0.25, 0.3) is 11.8 Å². The first-order valence-corrected chi connectivity index (χ1v) is 11.3. The van der Waals surface area contributed by atoms with Crippen LogP contribution < -0.4 is 5.32 Å². The van der Waals surface area contributed by atoms with Gasteiger partial charge in [-0.1, -0.05) is 72.3 Å². The summed E-state index contributed by atoms with van der Waals surface area (Å²) in [6, 6.07) is 24.3. The van der Waals surface area contributed by atoms with Crippen LogP contribution in [0.5, 0.6) is 0 Å². The maximum Gasteiger partial charge on any atom is 0.332 e. The van der Waals surface area contributed by atoms with Gasteiger partial charge in [0.15, 0.2) is 0 Å². The van der Waals surface area contributed by atoms with Crippen molar-refractivity contribution in [2.75, 3.05) is 0 Å². The Hall–Kier alpha value is -3.96. The van der Waals surface area contributed by atoms with Gasteiger partial charge in [0, 0.05) is 10.6 Å². The summed E-state index contributed by atoms with van der Waals surface area (Å²) in [6.45, 7) is 1.97. The van der Waals surface area contributed by atoms with E-state index in [1.54, 1.807) is 36.4 Å². The van der Waals surface area contributed by atoms with Crippen molar-refractivity contribution in [1.82, 2.24) is 10.2 Å². The van der Waals surface area contributed by atoms with Gasteiger partial charge >= 0.3 is 6.03 Å². The molecule has 0 aliphatic carbocycles. The van der Waals surface area contributed by atoms with Gasteiger partial charge in [0.2, 0.25) is 0 Å². The van der Waals surface area contributed by atoms with Crippen molar-refractivity contribution in [2.45, 2.75) is 19.4 Å². The van der Waals surface area contributed by atoms with Gasteiger partial charge in [-0.25, -0.2) is 4.79 Å². The summed E-state index contributed by atoms with van der Waals surface area (Å²) >= 11 is 6.18. The van der Waals surface area contributed by atoms with Crippen LogP contribution in [0.4, 0.5) is 4.79 Å². The van der Waals surface area contributed by atoms with E-state index in [-0.39, 0.29) is 5.56 Å². The van der Waals surface area contributed by atoms with Crippen LogP contribution in [-0.4, -0.2) is 22.7 Å². The zero-order chi connectivity index (χ0) is 23.8. The number of nitrogens with one attached hydrogen (secondary N) is 1. The maximum atomic E-state index is 13.5. The minimum atomic E-state index is -0.884. The minimum Gasteiger partial charge on any atom is -0.321 e. The molecule has 4 aromatic rings. The second kappa shape index (κ2) is 8.76. The third-order valence-electron chi connectivity index (χ3n) is 6.10. The fourth-order valence-electron chi connectivity index (χ4n) is 4.42. The van der Waals surface area contributed by atoms with E-state index in [0.29, 0.717) is 21.9 Å². The summed E-state index contributed by atoms with van der Waals surface area (Å²) in [5.41, 5.74) is 3.83. The Morgan fingerprint density at radius 1 is 0.912 bits per heavy atom. The summed E-state index contributed by atoms with van der Waals surface area (Å²) in [5.74, 6) is -1.22. The topological polar surface area (TPSA) is 66.5 Å². The number of carbonyl (C=O) groups is 3. The Kier molecular flexibility index (Phi) is 5.64. The molecule has 4 aromatic carbocycles. The highest BCUT2D eigenvalue weighted by Gasteiger charge is 2.43. The molecule has 0 aromatic heterocycles. The molecule has 1 aliphatic heterocycles. The number of amides is 4. The molecule has 0 spiro atoms. The zero-order valence-electron chi connectivity index (χ0n) is 18.4. The number of halogens is 1. The van der Waals surface area contributed by atoms with Crippen molar-refractivity contribution in [3.8, 4) is 0 Å². The number of aryl methyl sites for hydroxylation is 1. The number of fused-ring (bicyclic) bond motifs is 1. The molecule has 1 fully saturated rings. The second-order valence-electron chi connectivity index (χ2n) is 8.38. The molecule has 5 rings (SSSR count). The summed E-state index contributed by atoms with van der Waals surface area (Å²) in [4.78, 5) is 40.0. The molecule has 6 heteroatoms. The number of benzene rings is 4. The predicted octanol–water partition coefficient (Wildman–Crippen LogP) is 5.83. The lowest BCUT2D eigenvalue weighted by Gasteiger charge is -2.15. The van der Waals surface area contributed by atoms with Crippen LogP contribution in [0.1, 0.15) is 38.7 Å². The number of hydrogen-bond donors (Lipinski definition) is 1. The predicted molar refractivity (Wildman–Crippen MR) is 132 cm³/mol. The lowest BCUT2D eigenvalue weighted by Crippen LogP contribution is -2.37. The zero-order valence-corrected chi connectivity index (χ0v) is 19.2. The van der Waals surface area contributed by atoms with Gasteiger partial charge in [0.1, 0.15) is 6.04 Å². The summed E-state index contributed by atoms with van der Waals surface area (Å²) in [5, 5.41) is 5.18. The van der Waals surface area contributed by atoms with Crippen molar-refractivity contribution < 1.29 is 14.4 Å². The molecular formula is C28H21ClN2O3. The third-order valence-corrected chi connectivity index (χ3v) is 6.34. The Labute approximate surface area is 202 Å². The van der Waals surface area contributed by atoms with Crippen LogP contribution in [0.15, 0.2) is 84.9 Å². The molecular weight excluding hydrogens is 448 g/mol. The van der Waals surface area contributed by atoms with Crippen LogP contribution in [0.3, 0.4) is 0 Å². The molecule has 1 saturated heterocycles. The highest BCUT2D eigenvalue weighted by Crippen LogP contribution is 2.29. The molecule has 1 unspecified atom stereocenters. The molecule has 0 radical (unpaired) electrons. The van der Waals surface area contributed by atoms with Gasteiger partial charge in [-0.15, -0.1) is 0 Å². The molecule has 5 nitrogen and oxygen atoms in total. The van der Waals surface area contributed by atoms with Gasteiger partial charge < -0.3 is 5.32 Å².